The van der Waals surface area contributed by atoms with E-state index in [0.29, 0.717) is 6.61 Å². The molecule has 2 aromatic carbocycles. The minimum atomic E-state index is -2.79. The van der Waals surface area contributed by atoms with E-state index in [-0.39, 0.29) is 17.7 Å². The fraction of sp³-hybridized carbons (Fsp3) is 0.586. The lowest BCUT2D eigenvalue weighted by Crippen LogP contribution is -2.68. The fourth-order valence-electron chi connectivity index (χ4n) is 5.09. The van der Waals surface area contributed by atoms with Crippen molar-refractivity contribution in [2.24, 2.45) is 0 Å². The number of aliphatic hydroxyl groups is 1. The van der Waals surface area contributed by atoms with Crippen molar-refractivity contribution < 1.29 is 28.5 Å². The summed E-state index contributed by atoms with van der Waals surface area (Å²) in [6.07, 6.45) is -2.60. The zero-order valence-corrected chi connectivity index (χ0v) is 23.8. The molecule has 1 aliphatic heterocycles. The first-order valence-corrected chi connectivity index (χ1v) is 14.9. The molecule has 0 spiro atoms. The third-order valence-electron chi connectivity index (χ3n) is 6.68. The van der Waals surface area contributed by atoms with Gasteiger partial charge in [-0.2, -0.15) is 0 Å². The maximum atomic E-state index is 11.4. The second kappa shape index (κ2) is 12.8. The van der Waals surface area contributed by atoms with E-state index in [1.165, 1.54) is 10.4 Å². The standard InChI is InChI=1S/C29H44O6Si/c1-8-19-32-26-25(30)24(35-28(31-7)27(26)34-21(2)3)20-33-36(29(4,5)6,22-15-11-9-12-16-22)23-17-13-10-14-18-23/h9-18,21,24-28,30H,8,19-20H2,1-7H3/t24-,25-,26+,27-,28?/m1/s1. The molecule has 3 rings (SSSR count). The maximum Gasteiger partial charge on any atom is 0.261 e. The van der Waals surface area contributed by atoms with Crippen molar-refractivity contribution in [1.29, 1.82) is 0 Å². The number of hydrogen-bond donors (Lipinski definition) is 1. The van der Waals surface area contributed by atoms with E-state index in [1.54, 1.807) is 7.11 Å². The molecular weight excluding hydrogens is 472 g/mol. The monoisotopic (exact) mass is 516 g/mol. The summed E-state index contributed by atoms with van der Waals surface area (Å²) in [6.45, 7) is 13.4. The third kappa shape index (κ3) is 6.27. The van der Waals surface area contributed by atoms with Gasteiger partial charge in [-0.1, -0.05) is 88.4 Å². The van der Waals surface area contributed by atoms with Gasteiger partial charge in [-0.25, -0.2) is 0 Å². The summed E-state index contributed by atoms with van der Waals surface area (Å²) < 4.78 is 31.2. The molecule has 0 aromatic heterocycles. The lowest BCUT2D eigenvalue weighted by molar-refractivity contribution is -0.314. The first-order chi connectivity index (χ1) is 17.2. The number of hydrogen-bond acceptors (Lipinski definition) is 6. The Hall–Kier alpha value is -1.58. The van der Waals surface area contributed by atoms with Gasteiger partial charge in [-0.05, 0) is 35.7 Å². The first kappa shape index (κ1) is 29.0. The Bertz CT molecular complexity index is 861. The smallest absolute Gasteiger partial charge is 0.261 e. The van der Waals surface area contributed by atoms with Gasteiger partial charge in [-0.3, -0.25) is 0 Å². The molecule has 0 saturated carbocycles. The third-order valence-corrected chi connectivity index (χ3v) is 11.7. The van der Waals surface area contributed by atoms with Gasteiger partial charge in [0, 0.05) is 13.7 Å². The van der Waals surface area contributed by atoms with Crippen molar-refractivity contribution >= 4 is 18.7 Å². The van der Waals surface area contributed by atoms with Crippen molar-refractivity contribution in [3.8, 4) is 0 Å². The molecule has 1 fully saturated rings. The van der Waals surface area contributed by atoms with E-state index in [4.69, 9.17) is 23.4 Å². The van der Waals surface area contributed by atoms with Gasteiger partial charge in [0.25, 0.3) is 8.32 Å². The van der Waals surface area contributed by atoms with E-state index in [1.807, 2.05) is 32.9 Å². The van der Waals surface area contributed by atoms with Crippen LogP contribution in [0.4, 0.5) is 0 Å². The van der Waals surface area contributed by atoms with Crippen LogP contribution in [0.25, 0.3) is 0 Å². The Morgan fingerprint density at radius 3 is 1.94 bits per heavy atom. The second-order valence-electron chi connectivity index (χ2n) is 10.7. The van der Waals surface area contributed by atoms with E-state index in [9.17, 15) is 5.11 Å². The lowest BCUT2D eigenvalue weighted by Gasteiger charge is -2.47. The minimum absolute atomic E-state index is 0.0684. The Labute approximate surface area is 218 Å². The predicted octanol–water partition coefficient (Wildman–Crippen LogP) is 3.88. The van der Waals surface area contributed by atoms with Gasteiger partial charge in [-0.15, -0.1) is 0 Å². The highest BCUT2D eigenvalue weighted by Gasteiger charge is 2.53. The topological polar surface area (TPSA) is 66.4 Å². The fourth-order valence-corrected chi connectivity index (χ4v) is 9.66. The van der Waals surface area contributed by atoms with E-state index >= 15 is 0 Å². The van der Waals surface area contributed by atoms with Crippen LogP contribution in [0, 0.1) is 0 Å². The van der Waals surface area contributed by atoms with Crippen LogP contribution >= 0.6 is 0 Å². The van der Waals surface area contributed by atoms with Gasteiger partial charge in [0.1, 0.15) is 24.4 Å². The van der Waals surface area contributed by atoms with Crippen LogP contribution in [0.3, 0.4) is 0 Å². The Kier molecular flexibility index (Phi) is 10.3. The van der Waals surface area contributed by atoms with Crippen molar-refractivity contribution in [3.63, 3.8) is 0 Å². The molecule has 36 heavy (non-hydrogen) atoms. The molecule has 0 radical (unpaired) electrons. The highest BCUT2D eigenvalue weighted by atomic mass is 28.4. The van der Waals surface area contributed by atoms with Crippen molar-refractivity contribution in [2.75, 3.05) is 20.3 Å². The molecule has 1 heterocycles. The van der Waals surface area contributed by atoms with Crippen molar-refractivity contribution in [2.45, 2.75) is 89.8 Å². The minimum Gasteiger partial charge on any atom is -0.405 e. The van der Waals surface area contributed by atoms with E-state index in [0.717, 1.165) is 6.42 Å². The van der Waals surface area contributed by atoms with Gasteiger partial charge >= 0.3 is 0 Å². The summed E-state index contributed by atoms with van der Waals surface area (Å²) in [4.78, 5) is 0. The molecule has 2 aromatic rings. The molecule has 1 unspecified atom stereocenters. The molecule has 5 atom stereocenters. The highest BCUT2D eigenvalue weighted by Crippen LogP contribution is 2.37. The lowest BCUT2D eigenvalue weighted by atomic mass is 9.98. The Morgan fingerprint density at radius 1 is 0.944 bits per heavy atom. The largest absolute Gasteiger partial charge is 0.405 e. The summed E-state index contributed by atoms with van der Waals surface area (Å²) in [5.74, 6) is 0. The average Bonchev–Trinajstić information content (AvgIpc) is 2.85. The van der Waals surface area contributed by atoms with Gasteiger partial charge in [0.15, 0.2) is 6.29 Å². The van der Waals surface area contributed by atoms with E-state index < -0.39 is 39.0 Å². The molecule has 1 aliphatic rings. The van der Waals surface area contributed by atoms with Crippen LogP contribution in [-0.2, 0) is 23.4 Å². The quantitative estimate of drug-likeness (QED) is 0.457. The van der Waals surface area contributed by atoms with Crippen LogP contribution in [0.2, 0.25) is 5.04 Å². The molecule has 0 amide bonds. The molecule has 200 valence electrons. The second-order valence-corrected chi connectivity index (χ2v) is 15.0. The van der Waals surface area contributed by atoms with Gasteiger partial charge < -0.3 is 28.5 Å². The molecule has 6 nitrogen and oxygen atoms in total. The van der Waals surface area contributed by atoms with Crippen molar-refractivity contribution in [3.05, 3.63) is 60.7 Å². The zero-order chi connectivity index (χ0) is 26.3. The summed E-state index contributed by atoms with van der Waals surface area (Å²) >= 11 is 0. The highest BCUT2D eigenvalue weighted by molar-refractivity contribution is 6.99. The Balaban J connectivity index is 1.97. The van der Waals surface area contributed by atoms with Crippen molar-refractivity contribution in [1.82, 2.24) is 0 Å². The first-order valence-electron chi connectivity index (χ1n) is 13.0. The SMILES string of the molecule is CCCO[C@H]1[C@H](O)[C@@H](CO[Si](c2ccccc2)(c2ccccc2)C(C)(C)C)OC(OC)[C@@H]1OC(C)C. The normalized spacial score (nSPS) is 25.3. The van der Waals surface area contributed by atoms with Crippen LogP contribution in [0.1, 0.15) is 48.0 Å². The van der Waals surface area contributed by atoms with Crippen LogP contribution in [0.5, 0.6) is 0 Å². The molecule has 7 heteroatoms. The molecule has 1 saturated heterocycles. The number of methoxy groups -OCH3 is 1. The molecular formula is C29H44O6Si. The number of benzene rings is 2. The predicted molar refractivity (Wildman–Crippen MR) is 145 cm³/mol. The van der Waals surface area contributed by atoms with Crippen LogP contribution in [0.15, 0.2) is 60.7 Å². The molecule has 1 N–H and O–H groups in total. The van der Waals surface area contributed by atoms with Gasteiger partial charge in [0.05, 0.1) is 12.7 Å². The van der Waals surface area contributed by atoms with Crippen LogP contribution in [-0.4, -0.2) is 70.6 Å². The maximum absolute atomic E-state index is 11.4. The Morgan fingerprint density at radius 2 is 1.50 bits per heavy atom. The molecule has 0 aliphatic carbocycles. The summed E-state index contributed by atoms with van der Waals surface area (Å²) in [5.41, 5.74) is 0. The van der Waals surface area contributed by atoms with E-state index in [2.05, 4.69) is 69.3 Å². The zero-order valence-electron chi connectivity index (χ0n) is 22.8. The van der Waals surface area contributed by atoms with Gasteiger partial charge in [0.2, 0.25) is 0 Å². The summed E-state index contributed by atoms with van der Waals surface area (Å²) in [6, 6.07) is 20.9. The number of aliphatic hydroxyl groups excluding tert-OH is 1. The average molecular weight is 517 g/mol. The molecule has 0 bridgehead atoms. The number of ether oxygens (including phenoxy) is 4. The summed E-state index contributed by atoms with van der Waals surface area (Å²) in [7, 11) is -1.20. The summed E-state index contributed by atoms with van der Waals surface area (Å²) in [5, 5.41) is 13.6. The number of rotatable bonds is 11. The van der Waals surface area contributed by atoms with Crippen LogP contribution < -0.4 is 10.4 Å².